The van der Waals surface area contributed by atoms with Gasteiger partial charge in [0.25, 0.3) is 5.91 Å². The fourth-order valence-electron chi connectivity index (χ4n) is 3.18. The third-order valence-corrected chi connectivity index (χ3v) is 5.01. The highest BCUT2D eigenvalue weighted by Gasteiger charge is 2.11. The summed E-state index contributed by atoms with van der Waals surface area (Å²) in [4.78, 5) is 16.5. The normalized spacial score (nSPS) is 14.0. The molecule has 0 radical (unpaired) electrons. The predicted octanol–water partition coefficient (Wildman–Crippen LogP) is 4.25. The highest BCUT2D eigenvalue weighted by Crippen LogP contribution is 2.24. The number of fused-ring (bicyclic) bond motifs is 1. The first-order valence-corrected chi connectivity index (χ1v) is 9.63. The first-order valence-electron chi connectivity index (χ1n) is 9.63. The number of halogens is 1. The van der Waals surface area contributed by atoms with E-state index in [0.717, 1.165) is 24.1 Å². The van der Waals surface area contributed by atoms with Gasteiger partial charge < -0.3 is 16.4 Å². The zero-order valence-corrected chi connectivity index (χ0v) is 18.8. The smallest absolute Gasteiger partial charge is 0.251 e. The van der Waals surface area contributed by atoms with Crippen LogP contribution in [-0.4, -0.2) is 17.9 Å². The fourth-order valence-corrected chi connectivity index (χ4v) is 3.18. The molecule has 5 nitrogen and oxygen atoms in total. The molecule has 0 aromatic heterocycles. The number of anilines is 1. The average Bonchev–Trinajstić information content (AvgIpc) is 3.14. The van der Waals surface area contributed by atoms with Gasteiger partial charge in [-0.2, -0.15) is 0 Å². The molecule has 0 heterocycles. The van der Waals surface area contributed by atoms with Crippen molar-refractivity contribution < 1.29 is 4.79 Å². The number of hydrogen-bond acceptors (Lipinski definition) is 2. The number of carbonyl (C=O) groups excluding carboxylic acids is 1. The lowest BCUT2D eigenvalue weighted by Gasteiger charge is -2.11. The number of benzene rings is 2. The van der Waals surface area contributed by atoms with Crippen molar-refractivity contribution in [1.82, 2.24) is 5.32 Å². The number of nitrogens with two attached hydrogens (primary N) is 1. The van der Waals surface area contributed by atoms with Gasteiger partial charge in [0.05, 0.1) is 6.54 Å². The molecular weight excluding hydrogens is 463 g/mol. The van der Waals surface area contributed by atoms with E-state index < -0.39 is 0 Å². The van der Waals surface area contributed by atoms with E-state index in [1.165, 1.54) is 24.0 Å². The largest absolute Gasteiger partial charge is 0.370 e. The molecule has 0 fully saturated rings. The molecule has 1 unspecified atom stereocenters. The summed E-state index contributed by atoms with van der Waals surface area (Å²) in [5.41, 5.74) is 11.5. The van der Waals surface area contributed by atoms with Gasteiger partial charge >= 0.3 is 0 Å². The van der Waals surface area contributed by atoms with E-state index in [1.54, 1.807) is 0 Å². The Morgan fingerprint density at radius 2 is 1.86 bits per heavy atom. The van der Waals surface area contributed by atoms with E-state index >= 15 is 0 Å². The molecule has 4 N–H and O–H groups in total. The maximum Gasteiger partial charge on any atom is 0.251 e. The number of nitrogens with one attached hydrogen (secondary N) is 2. The van der Waals surface area contributed by atoms with Gasteiger partial charge in [-0.25, -0.2) is 4.99 Å². The summed E-state index contributed by atoms with van der Waals surface area (Å²) >= 11 is 0. The first-order chi connectivity index (χ1) is 13.0. The second-order valence-electron chi connectivity index (χ2n) is 7.14. The number of rotatable bonds is 6. The molecule has 6 heteroatoms. The van der Waals surface area contributed by atoms with Crippen molar-refractivity contribution in [2.24, 2.45) is 10.7 Å². The van der Waals surface area contributed by atoms with Crippen LogP contribution in [0.25, 0.3) is 0 Å². The van der Waals surface area contributed by atoms with E-state index in [9.17, 15) is 4.79 Å². The van der Waals surface area contributed by atoms with Crippen LogP contribution in [-0.2, 0) is 19.4 Å². The summed E-state index contributed by atoms with van der Waals surface area (Å²) < 4.78 is 0. The second-order valence-corrected chi connectivity index (χ2v) is 7.14. The maximum absolute atomic E-state index is 12.1. The molecule has 1 atom stereocenters. The van der Waals surface area contributed by atoms with Crippen LogP contribution in [0.5, 0.6) is 0 Å². The van der Waals surface area contributed by atoms with Gasteiger partial charge in [-0.1, -0.05) is 25.1 Å². The zero-order valence-electron chi connectivity index (χ0n) is 16.5. The summed E-state index contributed by atoms with van der Waals surface area (Å²) in [5.74, 6) is 0.351. The van der Waals surface area contributed by atoms with Crippen LogP contribution in [0.4, 0.5) is 5.69 Å². The highest BCUT2D eigenvalue weighted by molar-refractivity contribution is 14.0. The molecule has 0 saturated carbocycles. The molecular formula is C22H29IN4O. The topological polar surface area (TPSA) is 79.5 Å². The standard InChI is InChI=1S/C22H28N4O.HI/c1-3-15(2)25-21(27)18-9-7-16(8-10-18)14-24-22(23)26-20-12-11-17-5-4-6-19(17)13-20;/h7-13,15H,3-6,14H2,1-2H3,(H,25,27)(H3,23,24,26);1H. The van der Waals surface area contributed by atoms with Crippen LogP contribution in [0.3, 0.4) is 0 Å². The monoisotopic (exact) mass is 492 g/mol. The van der Waals surface area contributed by atoms with E-state index in [4.69, 9.17) is 5.73 Å². The lowest BCUT2D eigenvalue weighted by Crippen LogP contribution is -2.31. The number of amides is 1. The summed E-state index contributed by atoms with van der Waals surface area (Å²) in [7, 11) is 0. The Labute approximate surface area is 184 Å². The summed E-state index contributed by atoms with van der Waals surface area (Å²) in [6.45, 7) is 4.52. The average molecular weight is 492 g/mol. The van der Waals surface area contributed by atoms with Crippen molar-refractivity contribution in [2.75, 3.05) is 5.32 Å². The number of carbonyl (C=O) groups is 1. The Morgan fingerprint density at radius 1 is 1.14 bits per heavy atom. The SMILES string of the molecule is CCC(C)NC(=O)c1ccc(CN=C(N)Nc2ccc3c(c2)CCC3)cc1.I. The molecule has 0 aliphatic heterocycles. The van der Waals surface area contributed by atoms with Crippen molar-refractivity contribution in [3.05, 3.63) is 64.7 Å². The quantitative estimate of drug-likeness (QED) is 0.321. The van der Waals surface area contributed by atoms with Gasteiger partial charge in [-0.15, -0.1) is 24.0 Å². The number of guanidine groups is 1. The van der Waals surface area contributed by atoms with Crippen molar-refractivity contribution in [3.8, 4) is 0 Å². The van der Waals surface area contributed by atoms with Gasteiger partial charge in [0.15, 0.2) is 5.96 Å². The summed E-state index contributed by atoms with van der Waals surface area (Å²) in [5, 5.41) is 6.13. The van der Waals surface area contributed by atoms with Gasteiger partial charge in [0, 0.05) is 17.3 Å². The minimum atomic E-state index is -0.0443. The zero-order chi connectivity index (χ0) is 19.2. The number of aliphatic imine (C=N–C) groups is 1. The predicted molar refractivity (Wildman–Crippen MR) is 126 cm³/mol. The molecule has 2 aromatic carbocycles. The maximum atomic E-state index is 12.1. The molecule has 150 valence electrons. The molecule has 0 bridgehead atoms. The molecule has 1 amide bonds. The van der Waals surface area contributed by atoms with E-state index in [-0.39, 0.29) is 35.9 Å². The fraction of sp³-hybridized carbons (Fsp3) is 0.364. The van der Waals surface area contributed by atoms with Crippen molar-refractivity contribution >= 4 is 41.5 Å². The lowest BCUT2D eigenvalue weighted by atomic mass is 10.1. The van der Waals surface area contributed by atoms with Crippen molar-refractivity contribution in [1.29, 1.82) is 0 Å². The lowest BCUT2D eigenvalue weighted by molar-refractivity contribution is 0.0939. The Bertz CT molecular complexity index is 833. The Kier molecular flexibility index (Phi) is 8.29. The Morgan fingerprint density at radius 3 is 2.57 bits per heavy atom. The molecule has 1 aliphatic carbocycles. The van der Waals surface area contributed by atoms with Crippen LogP contribution in [0.15, 0.2) is 47.5 Å². The second kappa shape index (κ2) is 10.5. The molecule has 0 saturated heterocycles. The molecule has 1 aliphatic rings. The summed E-state index contributed by atoms with van der Waals surface area (Å²) in [6.07, 6.45) is 4.45. The number of aryl methyl sites for hydroxylation is 2. The van der Waals surface area contributed by atoms with E-state index in [0.29, 0.717) is 18.1 Å². The van der Waals surface area contributed by atoms with Crippen LogP contribution < -0.4 is 16.4 Å². The highest BCUT2D eigenvalue weighted by atomic mass is 127. The van der Waals surface area contributed by atoms with Gasteiger partial charge in [0.2, 0.25) is 0 Å². The summed E-state index contributed by atoms with van der Waals surface area (Å²) in [6, 6.07) is 14.0. The minimum Gasteiger partial charge on any atom is -0.370 e. The van der Waals surface area contributed by atoms with E-state index in [2.05, 4.69) is 33.8 Å². The third kappa shape index (κ3) is 5.95. The van der Waals surface area contributed by atoms with Crippen LogP contribution in [0.1, 0.15) is 53.7 Å². The Balaban J connectivity index is 0.00000280. The molecule has 0 spiro atoms. The van der Waals surface area contributed by atoms with Crippen LogP contribution >= 0.6 is 24.0 Å². The van der Waals surface area contributed by atoms with Crippen molar-refractivity contribution in [3.63, 3.8) is 0 Å². The number of nitrogens with zero attached hydrogens (tertiary/aromatic N) is 1. The molecule has 3 rings (SSSR count). The van der Waals surface area contributed by atoms with Crippen LogP contribution in [0.2, 0.25) is 0 Å². The number of hydrogen-bond donors (Lipinski definition) is 3. The van der Waals surface area contributed by atoms with Gasteiger partial charge in [0.1, 0.15) is 0 Å². The molecule has 28 heavy (non-hydrogen) atoms. The van der Waals surface area contributed by atoms with Gasteiger partial charge in [-0.3, -0.25) is 4.79 Å². The van der Waals surface area contributed by atoms with Gasteiger partial charge in [-0.05, 0) is 73.6 Å². The minimum absolute atomic E-state index is 0. The first kappa shape index (κ1) is 22.2. The third-order valence-electron chi connectivity index (χ3n) is 5.01. The van der Waals surface area contributed by atoms with Crippen LogP contribution in [0, 0.1) is 0 Å². The van der Waals surface area contributed by atoms with Crippen molar-refractivity contribution in [2.45, 2.75) is 52.1 Å². The Hall–Kier alpha value is -2.09. The van der Waals surface area contributed by atoms with E-state index in [1.807, 2.05) is 38.1 Å². The molecule has 2 aromatic rings.